The number of benzene rings is 2. The van der Waals surface area contributed by atoms with Crippen LogP contribution in [0.3, 0.4) is 0 Å². The Hall–Kier alpha value is -2.94. The van der Waals surface area contributed by atoms with E-state index >= 15 is 0 Å². The monoisotopic (exact) mass is 446 g/mol. The zero-order valence-electron chi connectivity index (χ0n) is 21.2. The summed E-state index contributed by atoms with van der Waals surface area (Å²) in [6.07, 6.45) is 6.61. The summed E-state index contributed by atoms with van der Waals surface area (Å²) < 4.78 is 0. The van der Waals surface area contributed by atoms with Gasteiger partial charge in [-0.15, -0.1) is 0 Å². The van der Waals surface area contributed by atoms with Gasteiger partial charge in [0.1, 0.15) is 6.79 Å². The highest BCUT2D eigenvalue weighted by Crippen LogP contribution is 2.46. The molecular weight excluding hydrogens is 408 g/mol. The van der Waals surface area contributed by atoms with E-state index in [1.54, 1.807) is 13.0 Å². The third-order valence-electron chi connectivity index (χ3n) is 6.93. The van der Waals surface area contributed by atoms with E-state index in [0.717, 1.165) is 11.1 Å². The maximum absolute atomic E-state index is 11.6. The molecule has 0 radical (unpaired) electrons. The predicted octanol–water partition coefficient (Wildman–Crippen LogP) is 7.45. The van der Waals surface area contributed by atoms with Gasteiger partial charge in [0.15, 0.2) is 5.78 Å². The van der Waals surface area contributed by atoms with E-state index in [2.05, 4.69) is 46.8 Å². The smallest absolute Gasteiger partial charge is 0.159 e. The van der Waals surface area contributed by atoms with Crippen LogP contribution in [0.25, 0.3) is 5.57 Å². The molecule has 176 valence electrons. The lowest BCUT2D eigenvalue weighted by Crippen LogP contribution is -2.34. The second-order valence-corrected chi connectivity index (χ2v) is 10.4. The normalized spacial score (nSPS) is 16.9. The van der Waals surface area contributed by atoms with E-state index in [1.165, 1.54) is 35.1 Å². The van der Waals surface area contributed by atoms with Crippen LogP contribution in [0.15, 0.2) is 54.3 Å². The van der Waals surface area contributed by atoms with Crippen molar-refractivity contribution >= 4 is 18.1 Å². The lowest BCUT2D eigenvalue weighted by molar-refractivity contribution is -0.0980. The summed E-state index contributed by atoms with van der Waals surface area (Å²) in [5.41, 5.74) is 8.35. The molecule has 1 N–H and O–H groups in total. The SMILES string of the molecule is C=O.CC(=O)c1cccc(/C(C)=C/C=C(\O)Cc2cc3c(cc2C)C(C)(C)CCC3(C)C)c1. The van der Waals surface area contributed by atoms with E-state index in [-0.39, 0.29) is 16.6 Å². The van der Waals surface area contributed by atoms with Gasteiger partial charge in [-0.1, -0.05) is 64.1 Å². The molecule has 1 aliphatic carbocycles. The Labute approximate surface area is 199 Å². The molecule has 2 aromatic carbocycles. The number of fused-ring (bicyclic) bond motifs is 1. The van der Waals surface area contributed by atoms with Crippen molar-refractivity contribution in [3.05, 3.63) is 87.7 Å². The minimum absolute atomic E-state index is 0.0574. The number of aliphatic hydroxyl groups excluding tert-OH is 1. The molecule has 0 fully saturated rings. The van der Waals surface area contributed by atoms with Crippen LogP contribution in [-0.2, 0) is 22.0 Å². The summed E-state index contributed by atoms with van der Waals surface area (Å²) in [5, 5.41) is 10.7. The van der Waals surface area contributed by atoms with Crippen molar-refractivity contribution in [3.63, 3.8) is 0 Å². The number of aliphatic hydroxyl groups is 1. The molecule has 2 aromatic rings. The fourth-order valence-electron chi connectivity index (χ4n) is 4.51. The molecule has 0 spiro atoms. The minimum atomic E-state index is 0.0574. The highest BCUT2D eigenvalue weighted by atomic mass is 16.3. The molecule has 33 heavy (non-hydrogen) atoms. The zero-order valence-corrected chi connectivity index (χ0v) is 21.2. The third-order valence-corrected chi connectivity index (χ3v) is 6.93. The van der Waals surface area contributed by atoms with Gasteiger partial charge < -0.3 is 9.90 Å². The number of carbonyl (C=O) groups is 2. The van der Waals surface area contributed by atoms with Gasteiger partial charge in [-0.2, -0.15) is 0 Å². The lowest BCUT2D eigenvalue weighted by atomic mass is 9.62. The summed E-state index contributed by atoms with van der Waals surface area (Å²) in [5.74, 6) is 0.403. The van der Waals surface area contributed by atoms with Crippen molar-refractivity contribution in [2.45, 2.75) is 78.6 Å². The molecule has 0 amide bonds. The quantitative estimate of drug-likeness (QED) is 0.295. The van der Waals surface area contributed by atoms with Crippen molar-refractivity contribution in [1.82, 2.24) is 0 Å². The van der Waals surface area contributed by atoms with Crippen molar-refractivity contribution < 1.29 is 14.7 Å². The largest absolute Gasteiger partial charge is 0.512 e. The molecule has 0 unspecified atom stereocenters. The van der Waals surface area contributed by atoms with Crippen molar-refractivity contribution in [2.75, 3.05) is 0 Å². The number of hydrogen-bond donors (Lipinski definition) is 1. The van der Waals surface area contributed by atoms with Gasteiger partial charge in [0, 0.05) is 12.0 Å². The Morgan fingerprint density at radius 2 is 1.48 bits per heavy atom. The highest BCUT2D eigenvalue weighted by Gasteiger charge is 2.37. The van der Waals surface area contributed by atoms with Crippen LogP contribution in [0.1, 0.15) is 92.6 Å². The van der Waals surface area contributed by atoms with Crippen LogP contribution in [0.4, 0.5) is 0 Å². The number of carbonyl (C=O) groups excluding carboxylic acids is 2. The molecule has 0 saturated carbocycles. The minimum Gasteiger partial charge on any atom is -0.512 e. The molecule has 0 bridgehead atoms. The molecule has 1 aliphatic rings. The molecule has 3 nitrogen and oxygen atoms in total. The molecular formula is C30H38O3. The molecule has 0 atom stereocenters. The lowest BCUT2D eigenvalue weighted by Gasteiger charge is -2.42. The number of ketones is 1. The highest BCUT2D eigenvalue weighted by molar-refractivity contribution is 5.94. The average Bonchev–Trinajstić information content (AvgIpc) is 2.78. The maximum Gasteiger partial charge on any atom is 0.159 e. The Kier molecular flexibility index (Phi) is 8.24. The Morgan fingerprint density at radius 1 is 0.939 bits per heavy atom. The maximum atomic E-state index is 11.6. The second kappa shape index (κ2) is 10.3. The van der Waals surface area contributed by atoms with E-state index in [0.29, 0.717) is 17.7 Å². The summed E-state index contributed by atoms with van der Waals surface area (Å²) in [6, 6.07) is 12.3. The summed E-state index contributed by atoms with van der Waals surface area (Å²) in [6.45, 7) is 17.1. The number of aryl methyl sites for hydroxylation is 1. The van der Waals surface area contributed by atoms with Crippen LogP contribution in [0.5, 0.6) is 0 Å². The van der Waals surface area contributed by atoms with Crippen LogP contribution >= 0.6 is 0 Å². The summed E-state index contributed by atoms with van der Waals surface area (Å²) in [4.78, 5) is 19.6. The van der Waals surface area contributed by atoms with E-state index in [1.807, 2.05) is 44.1 Å². The van der Waals surface area contributed by atoms with Crippen molar-refractivity contribution in [1.29, 1.82) is 0 Å². The molecule has 3 heteroatoms. The third kappa shape index (κ3) is 6.10. The average molecular weight is 447 g/mol. The summed E-state index contributed by atoms with van der Waals surface area (Å²) in [7, 11) is 0. The number of rotatable bonds is 5. The van der Waals surface area contributed by atoms with Crippen LogP contribution in [0.2, 0.25) is 0 Å². The first-order chi connectivity index (χ1) is 15.4. The molecule has 0 saturated heterocycles. The van der Waals surface area contributed by atoms with Crippen LogP contribution in [0, 0.1) is 6.92 Å². The topological polar surface area (TPSA) is 54.4 Å². The van der Waals surface area contributed by atoms with E-state index in [9.17, 15) is 9.90 Å². The van der Waals surface area contributed by atoms with Gasteiger partial charge in [0.25, 0.3) is 0 Å². The molecule has 3 rings (SSSR count). The van der Waals surface area contributed by atoms with Gasteiger partial charge >= 0.3 is 0 Å². The fraction of sp³-hybridized carbons (Fsp3) is 0.400. The number of allylic oxidation sites excluding steroid dienone is 4. The van der Waals surface area contributed by atoms with Gasteiger partial charge in [-0.3, -0.25) is 4.79 Å². The second-order valence-electron chi connectivity index (χ2n) is 10.4. The summed E-state index contributed by atoms with van der Waals surface area (Å²) >= 11 is 0. The molecule has 0 heterocycles. The Bertz CT molecular complexity index is 1080. The van der Waals surface area contributed by atoms with Crippen LogP contribution in [-0.4, -0.2) is 17.7 Å². The number of Topliss-reactive ketones (excluding diaryl/α,β-unsaturated/α-hetero) is 1. The standard InChI is InChI=1S/C29H36O2.CH2O/c1-19(22-9-8-10-23(16-22)21(3)30)11-12-25(31)17-24-18-27-26(15-20(24)2)28(4,5)13-14-29(27,6)7;1-2/h8-12,15-16,18,31H,13-14,17H2,1-7H3;1H2/b19-11+,25-12-;. The van der Waals surface area contributed by atoms with Crippen molar-refractivity contribution in [3.8, 4) is 0 Å². The molecule has 0 aromatic heterocycles. The Balaban J connectivity index is 0.00000187. The zero-order chi connectivity index (χ0) is 25.0. The van der Waals surface area contributed by atoms with Gasteiger partial charge in [-0.25, -0.2) is 0 Å². The van der Waals surface area contributed by atoms with Crippen molar-refractivity contribution in [2.24, 2.45) is 0 Å². The van der Waals surface area contributed by atoms with Gasteiger partial charge in [0.05, 0.1) is 5.76 Å². The Morgan fingerprint density at radius 3 is 2.06 bits per heavy atom. The van der Waals surface area contributed by atoms with E-state index < -0.39 is 0 Å². The first kappa shape index (κ1) is 26.3. The predicted molar refractivity (Wildman–Crippen MR) is 138 cm³/mol. The first-order valence-corrected chi connectivity index (χ1v) is 11.5. The first-order valence-electron chi connectivity index (χ1n) is 11.5. The molecule has 0 aliphatic heterocycles. The van der Waals surface area contributed by atoms with Gasteiger partial charge in [0.2, 0.25) is 0 Å². The fourth-order valence-corrected chi connectivity index (χ4v) is 4.51. The van der Waals surface area contributed by atoms with E-state index in [4.69, 9.17) is 4.79 Å². The van der Waals surface area contributed by atoms with Gasteiger partial charge in [-0.05, 0) is 90.0 Å². The van der Waals surface area contributed by atoms with Crippen LogP contribution < -0.4 is 0 Å². The number of hydrogen-bond acceptors (Lipinski definition) is 3.